The first-order valence-corrected chi connectivity index (χ1v) is 10.3. The Morgan fingerprint density at radius 3 is 2.48 bits per heavy atom. The highest BCUT2D eigenvalue weighted by Crippen LogP contribution is 2.29. The van der Waals surface area contributed by atoms with Gasteiger partial charge in [0.05, 0.1) is 13.3 Å². The number of halogens is 2. The van der Waals surface area contributed by atoms with E-state index in [9.17, 15) is 4.79 Å². The molecule has 29 heavy (non-hydrogen) atoms. The standard InChI is InChI=1S/C22H18Br2N2O3/c1-28-21-12-17(22(27)26-25-13-15-4-2-6-18(23)10-15)8-9-20(21)29-14-16-5-3-7-19(24)11-16/h2-13H,14H2,1H3,(H,26,27)/b25-13+. The van der Waals surface area contributed by atoms with Gasteiger partial charge in [0.1, 0.15) is 6.61 Å². The maximum Gasteiger partial charge on any atom is 0.271 e. The zero-order valence-electron chi connectivity index (χ0n) is 15.6. The number of nitrogens with zero attached hydrogens (tertiary/aromatic N) is 1. The Labute approximate surface area is 186 Å². The molecule has 0 spiro atoms. The molecule has 0 atom stereocenters. The van der Waals surface area contributed by atoms with Crippen LogP contribution in [0.25, 0.3) is 0 Å². The predicted molar refractivity (Wildman–Crippen MR) is 121 cm³/mol. The highest BCUT2D eigenvalue weighted by Gasteiger charge is 2.11. The average molecular weight is 518 g/mol. The van der Waals surface area contributed by atoms with E-state index in [2.05, 4.69) is 42.4 Å². The van der Waals surface area contributed by atoms with E-state index in [1.165, 1.54) is 7.11 Å². The number of rotatable bonds is 7. The molecule has 0 aromatic heterocycles. The average Bonchev–Trinajstić information content (AvgIpc) is 2.72. The van der Waals surface area contributed by atoms with Crippen LogP contribution in [0.5, 0.6) is 11.5 Å². The number of amides is 1. The maximum absolute atomic E-state index is 12.4. The minimum Gasteiger partial charge on any atom is -0.493 e. The van der Waals surface area contributed by atoms with Crippen molar-refractivity contribution in [1.29, 1.82) is 0 Å². The third kappa shape index (κ3) is 6.17. The fraction of sp³-hybridized carbons (Fsp3) is 0.0909. The van der Waals surface area contributed by atoms with Crippen molar-refractivity contribution in [1.82, 2.24) is 5.43 Å². The van der Waals surface area contributed by atoms with Crippen LogP contribution in [-0.2, 0) is 6.61 Å². The molecule has 0 saturated carbocycles. The van der Waals surface area contributed by atoms with Crippen LogP contribution < -0.4 is 14.9 Å². The van der Waals surface area contributed by atoms with Crippen LogP contribution in [0, 0.1) is 0 Å². The quantitative estimate of drug-likeness (QED) is 0.329. The van der Waals surface area contributed by atoms with Gasteiger partial charge in [-0.15, -0.1) is 0 Å². The summed E-state index contributed by atoms with van der Waals surface area (Å²) in [5.74, 6) is 0.693. The van der Waals surface area contributed by atoms with E-state index in [1.54, 1.807) is 24.4 Å². The van der Waals surface area contributed by atoms with Crippen LogP contribution in [0.1, 0.15) is 21.5 Å². The minimum absolute atomic E-state index is 0.340. The highest BCUT2D eigenvalue weighted by molar-refractivity contribution is 9.10. The van der Waals surface area contributed by atoms with Crippen LogP contribution in [0.4, 0.5) is 0 Å². The molecule has 0 aliphatic rings. The Morgan fingerprint density at radius 1 is 1.00 bits per heavy atom. The van der Waals surface area contributed by atoms with E-state index in [-0.39, 0.29) is 5.91 Å². The van der Waals surface area contributed by atoms with E-state index in [0.717, 1.165) is 20.1 Å². The van der Waals surface area contributed by atoms with Crippen LogP contribution in [0.15, 0.2) is 80.8 Å². The summed E-state index contributed by atoms with van der Waals surface area (Å²) in [6.45, 7) is 0.387. The van der Waals surface area contributed by atoms with Gasteiger partial charge < -0.3 is 9.47 Å². The van der Waals surface area contributed by atoms with Gasteiger partial charge in [0.15, 0.2) is 11.5 Å². The molecule has 0 heterocycles. The van der Waals surface area contributed by atoms with Crippen LogP contribution in [-0.4, -0.2) is 19.2 Å². The van der Waals surface area contributed by atoms with E-state index >= 15 is 0 Å². The van der Waals surface area contributed by atoms with Crippen LogP contribution in [0.3, 0.4) is 0 Å². The number of ether oxygens (including phenoxy) is 2. The monoisotopic (exact) mass is 516 g/mol. The van der Waals surface area contributed by atoms with Crippen molar-refractivity contribution in [2.75, 3.05) is 7.11 Å². The molecule has 1 N–H and O–H groups in total. The molecular weight excluding hydrogens is 500 g/mol. The molecule has 0 unspecified atom stereocenters. The maximum atomic E-state index is 12.4. The van der Waals surface area contributed by atoms with Crippen molar-refractivity contribution in [3.63, 3.8) is 0 Å². The number of carbonyl (C=O) groups excluding carboxylic acids is 1. The van der Waals surface area contributed by atoms with Gasteiger partial charge in [-0.05, 0) is 53.6 Å². The minimum atomic E-state index is -0.340. The lowest BCUT2D eigenvalue weighted by atomic mass is 10.2. The first-order valence-electron chi connectivity index (χ1n) is 8.69. The molecule has 0 aliphatic heterocycles. The van der Waals surface area contributed by atoms with E-state index in [0.29, 0.717) is 23.7 Å². The van der Waals surface area contributed by atoms with Crippen molar-refractivity contribution in [2.24, 2.45) is 5.10 Å². The SMILES string of the molecule is COc1cc(C(=O)N/N=C/c2cccc(Br)c2)ccc1OCc1cccc(Br)c1. The van der Waals surface area contributed by atoms with Gasteiger partial charge in [0.2, 0.25) is 0 Å². The van der Waals surface area contributed by atoms with E-state index in [4.69, 9.17) is 9.47 Å². The lowest BCUT2D eigenvalue weighted by Crippen LogP contribution is -2.17. The summed E-state index contributed by atoms with van der Waals surface area (Å²) in [4.78, 5) is 12.4. The molecule has 5 nitrogen and oxygen atoms in total. The van der Waals surface area contributed by atoms with Crippen molar-refractivity contribution < 1.29 is 14.3 Å². The second-order valence-electron chi connectivity index (χ2n) is 6.04. The molecule has 3 aromatic carbocycles. The summed E-state index contributed by atoms with van der Waals surface area (Å²) in [5, 5.41) is 4.00. The van der Waals surface area contributed by atoms with E-state index in [1.807, 2.05) is 48.5 Å². The van der Waals surface area contributed by atoms with Gasteiger partial charge in [-0.25, -0.2) is 5.43 Å². The molecular formula is C22H18Br2N2O3. The summed E-state index contributed by atoms with van der Waals surface area (Å²) < 4.78 is 13.1. The molecule has 0 saturated heterocycles. The lowest BCUT2D eigenvalue weighted by molar-refractivity contribution is 0.0954. The number of hydrogen-bond donors (Lipinski definition) is 1. The summed E-state index contributed by atoms with van der Waals surface area (Å²) in [7, 11) is 1.54. The number of benzene rings is 3. The van der Waals surface area contributed by atoms with Gasteiger partial charge in [-0.1, -0.05) is 56.1 Å². The Balaban J connectivity index is 1.64. The third-order valence-corrected chi connectivity index (χ3v) is 4.92. The molecule has 1 amide bonds. The third-order valence-electron chi connectivity index (χ3n) is 3.94. The number of nitrogens with one attached hydrogen (secondary N) is 1. The van der Waals surface area contributed by atoms with Crippen molar-refractivity contribution in [2.45, 2.75) is 6.61 Å². The van der Waals surface area contributed by atoms with Gasteiger partial charge in [0.25, 0.3) is 5.91 Å². The molecule has 0 bridgehead atoms. The van der Waals surface area contributed by atoms with Gasteiger partial charge in [0, 0.05) is 14.5 Å². The first-order chi connectivity index (χ1) is 14.0. The zero-order chi connectivity index (χ0) is 20.6. The normalized spacial score (nSPS) is 10.7. The number of hydrogen-bond acceptors (Lipinski definition) is 4. The molecule has 148 valence electrons. The van der Waals surface area contributed by atoms with Gasteiger partial charge in [-0.3, -0.25) is 4.79 Å². The molecule has 3 aromatic rings. The summed E-state index contributed by atoms with van der Waals surface area (Å²) in [6, 6.07) is 20.5. The Hall–Kier alpha value is -2.64. The highest BCUT2D eigenvalue weighted by atomic mass is 79.9. The second-order valence-corrected chi connectivity index (χ2v) is 7.87. The Kier molecular flexibility index (Phi) is 7.43. The molecule has 0 aliphatic carbocycles. The second kappa shape index (κ2) is 10.2. The summed E-state index contributed by atoms with van der Waals surface area (Å²) in [6.07, 6.45) is 1.58. The fourth-order valence-electron chi connectivity index (χ4n) is 2.53. The van der Waals surface area contributed by atoms with Crippen molar-refractivity contribution >= 4 is 44.0 Å². The first kappa shape index (κ1) is 21.1. The number of carbonyl (C=O) groups is 1. The predicted octanol–water partition coefficient (Wildman–Crippen LogP) is 5.56. The molecule has 0 fully saturated rings. The Bertz CT molecular complexity index is 1040. The van der Waals surface area contributed by atoms with Gasteiger partial charge in [-0.2, -0.15) is 5.10 Å². The Morgan fingerprint density at radius 2 is 1.76 bits per heavy atom. The summed E-state index contributed by atoms with van der Waals surface area (Å²) >= 11 is 6.84. The largest absolute Gasteiger partial charge is 0.493 e. The van der Waals surface area contributed by atoms with E-state index < -0.39 is 0 Å². The molecule has 0 radical (unpaired) electrons. The lowest BCUT2D eigenvalue weighted by Gasteiger charge is -2.12. The molecule has 7 heteroatoms. The smallest absolute Gasteiger partial charge is 0.271 e. The molecule has 3 rings (SSSR count). The summed E-state index contributed by atoms with van der Waals surface area (Å²) in [5.41, 5.74) is 4.82. The number of hydrazone groups is 1. The van der Waals surface area contributed by atoms with Crippen LogP contribution in [0.2, 0.25) is 0 Å². The van der Waals surface area contributed by atoms with Crippen molar-refractivity contribution in [3.05, 3.63) is 92.4 Å². The zero-order valence-corrected chi connectivity index (χ0v) is 18.7. The fourth-order valence-corrected chi connectivity index (χ4v) is 3.40. The van der Waals surface area contributed by atoms with Crippen LogP contribution >= 0.6 is 31.9 Å². The number of methoxy groups -OCH3 is 1. The van der Waals surface area contributed by atoms with Crippen molar-refractivity contribution in [3.8, 4) is 11.5 Å². The van der Waals surface area contributed by atoms with Gasteiger partial charge >= 0.3 is 0 Å². The topological polar surface area (TPSA) is 59.9 Å².